The molecule has 18 heavy (non-hydrogen) atoms. The smallest absolute Gasteiger partial charge is 0.226 e. The van der Waals surface area contributed by atoms with Crippen LogP contribution in [0.15, 0.2) is 34.7 Å². The molecule has 2 heterocycles. The summed E-state index contributed by atoms with van der Waals surface area (Å²) in [5, 5.41) is 3.38. The van der Waals surface area contributed by atoms with E-state index in [0.717, 1.165) is 48.8 Å². The third-order valence-electron chi connectivity index (χ3n) is 3.58. The van der Waals surface area contributed by atoms with Crippen LogP contribution in [0, 0.1) is 6.92 Å². The highest BCUT2D eigenvalue weighted by Gasteiger charge is 2.22. The van der Waals surface area contributed by atoms with E-state index in [1.54, 1.807) is 0 Å². The van der Waals surface area contributed by atoms with Crippen molar-refractivity contribution in [2.75, 3.05) is 13.1 Å². The highest BCUT2D eigenvalue weighted by Crippen LogP contribution is 2.30. The molecule has 0 unspecified atom stereocenters. The van der Waals surface area contributed by atoms with Gasteiger partial charge < -0.3 is 9.73 Å². The standard InChI is InChI=1S/C15H18N2O/c1-11-14(12-7-9-16-10-8-12)17-15(18-11)13-5-3-2-4-6-13/h2-6,12,16H,7-10H2,1H3. The van der Waals surface area contributed by atoms with Crippen LogP contribution in [0.3, 0.4) is 0 Å². The van der Waals surface area contributed by atoms with Crippen LogP contribution in [0.1, 0.15) is 30.2 Å². The Kier molecular flexibility index (Phi) is 3.15. The lowest BCUT2D eigenvalue weighted by Gasteiger charge is -2.20. The molecule has 0 atom stereocenters. The molecule has 3 nitrogen and oxygen atoms in total. The number of rotatable bonds is 2. The highest BCUT2D eigenvalue weighted by atomic mass is 16.4. The first-order valence-corrected chi connectivity index (χ1v) is 6.58. The SMILES string of the molecule is Cc1oc(-c2ccccc2)nc1C1CCNCC1. The first kappa shape index (κ1) is 11.5. The van der Waals surface area contributed by atoms with Crippen molar-refractivity contribution in [1.82, 2.24) is 10.3 Å². The summed E-state index contributed by atoms with van der Waals surface area (Å²) in [6.07, 6.45) is 2.31. The predicted molar refractivity (Wildman–Crippen MR) is 71.5 cm³/mol. The van der Waals surface area contributed by atoms with Crippen molar-refractivity contribution in [2.45, 2.75) is 25.7 Å². The van der Waals surface area contributed by atoms with Gasteiger partial charge in [0.15, 0.2) is 0 Å². The second-order valence-corrected chi connectivity index (χ2v) is 4.85. The Morgan fingerprint density at radius 2 is 1.89 bits per heavy atom. The van der Waals surface area contributed by atoms with E-state index in [9.17, 15) is 0 Å². The van der Waals surface area contributed by atoms with Crippen LogP contribution in [-0.4, -0.2) is 18.1 Å². The van der Waals surface area contributed by atoms with Gasteiger partial charge in [-0.25, -0.2) is 4.98 Å². The molecule has 2 aromatic rings. The molecule has 0 amide bonds. The van der Waals surface area contributed by atoms with E-state index in [1.807, 2.05) is 37.3 Å². The van der Waals surface area contributed by atoms with Crippen molar-refractivity contribution in [3.05, 3.63) is 41.8 Å². The number of hydrogen-bond acceptors (Lipinski definition) is 3. The molecule has 1 fully saturated rings. The topological polar surface area (TPSA) is 38.1 Å². The van der Waals surface area contributed by atoms with Crippen molar-refractivity contribution in [2.24, 2.45) is 0 Å². The van der Waals surface area contributed by atoms with Crippen LogP contribution in [0.2, 0.25) is 0 Å². The Morgan fingerprint density at radius 1 is 1.17 bits per heavy atom. The number of nitrogens with one attached hydrogen (secondary N) is 1. The minimum Gasteiger partial charge on any atom is -0.441 e. The minimum atomic E-state index is 0.549. The van der Waals surface area contributed by atoms with Gasteiger partial charge in [-0.2, -0.15) is 0 Å². The van der Waals surface area contributed by atoms with Crippen molar-refractivity contribution in [3.8, 4) is 11.5 Å². The molecule has 1 N–H and O–H groups in total. The van der Waals surface area contributed by atoms with Crippen LogP contribution < -0.4 is 5.32 Å². The third kappa shape index (κ3) is 2.18. The molecule has 94 valence electrons. The quantitative estimate of drug-likeness (QED) is 0.879. The van der Waals surface area contributed by atoms with E-state index in [4.69, 9.17) is 9.40 Å². The summed E-state index contributed by atoms with van der Waals surface area (Å²) < 4.78 is 5.82. The molecule has 0 radical (unpaired) electrons. The molecule has 1 aromatic carbocycles. The predicted octanol–water partition coefficient (Wildman–Crippen LogP) is 3.12. The molecule has 0 aliphatic carbocycles. The zero-order valence-electron chi connectivity index (χ0n) is 10.6. The summed E-state index contributed by atoms with van der Waals surface area (Å²) in [5.41, 5.74) is 2.20. The minimum absolute atomic E-state index is 0.549. The molecular formula is C15H18N2O. The number of benzene rings is 1. The van der Waals surface area contributed by atoms with Gasteiger partial charge in [0.05, 0.1) is 5.69 Å². The van der Waals surface area contributed by atoms with Crippen LogP contribution in [0.4, 0.5) is 0 Å². The number of oxazole rings is 1. The average molecular weight is 242 g/mol. The Hall–Kier alpha value is -1.61. The number of nitrogens with zero attached hydrogens (tertiary/aromatic N) is 1. The maximum atomic E-state index is 5.82. The largest absolute Gasteiger partial charge is 0.441 e. The van der Waals surface area contributed by atoms with E-state index in [1.165, 1.54) is 0 Å². The zero-order valence-corrected chi connectivity index (χ0v) is 10.6. The molecule has 0 bridgehead atoms. The van der Waals surface area contributed by atoms with E-state index in [0.29, 0.717) is 5.92 Å². The number of aromatic nitrogens is 1. The van der Waals surface area contributed by atoms with E-state index in [2.05, 4.69) is 5.32 Å². The fraction of sp³-hybridized carbons (Fsp3) is 0.400. The summed E-state index contributed by atoms with van der Waals surface area (Å²) in [7, 11) is 0. The third-order valence-corrected chi connectivity index (χ3v) is 3.58. The van der Waals surface area contributed by atoms with E-state index < -0.39 is 0 Å². The Morgan fingerprint density at radius 3 is 2.61 bits per heavy atom. The van der Waals surface area contributed by atoms with E-state index in [-0.39, 0.29) is 0 Å². The summed E-state index contributed by atoms with van der Waals surface area (Å²) in [6, 6.07) is 10.1. The van der Waals surface area contributed by atoms with Gasteiger partial charge in [-0.1, -0.05) is 18.2 Å². The van der Waals surface area contributed by atoms with Crippen molar-refractivity contribution in [3.63, 3.8) is 0 Å². The summed E-state index contributed by atoms with van der Waals surface area (Å²) >= 11 is 0. The Labute approximate surface area is 107 Å². The molecule has 1 aromatic heterocycles. The number of hydrogen-bond donors (Lipinski definition) is 1. The fourth-order valence-electron chi connectivity index (χ4n) is 2.59. The first-order chi connectivity index (χ1) is 8.84. The fourth-order valence-corrected chi connectivity index (χ4v) is 2.59. The number of piperidine rings is 1. The Bertz CT molecular complexity index is 513. The van der Waals surface area contributed by atoms with E-state index >= 15 is 0 Å². The van der Waals surface area contributed by atoms with Crippen molar-refractivity contribution < 1.29 is 4.42 Å². The zero-order chi connectivity index (χ0) is 12.4. The molecule has 0 spiro atoms. The lowest BCUT2D eigenvalue weighted by molar-refractivity contribution is 0.447. The van der Waals surface area contributed by atoms with Gasteiger partial charge in [-0.3, -0.25) is 0 Å². The monoisotopic (exact) mass is 242 g/mol. The maximum absolute atomic E-state index is 5.82. The van der Waals surface area contributed by atoms with Gasteiger partial charge in [0.2, 0.25) is 5.89 Å². The molecule has 3 rings (SSSR count). The van der Waals surface area contributed by atoms with Gasteiger partial charge in [0, 0.05) is 11.5 Å². The van der Waals surface area contributed by atoms with Gasteiger partial charge >= 0.3 is 0 Å². The second-order valence-electron chi connectivity index (χ2n) is 4.85. The average Bonchev–Trinajstić information content (AvgIpc) is 2.83. The van der Waals surface area contributed by atoms with Gasteiger partial charge in [0.25, 0.3) is 0 Å². The molecular weight excluding hydrogens is 224 g/mol. The highest BCUT2D eigenvalue weighted by molar-refractivity contribution is 5.53. The molecule has 3 heteroatoms. The van der Waals surface area contributed by atoms with Gasteiger partial charge in [-0.15, -0.1) is 0 Å². The lowest BCUT2D eigenvalue weighted by Crippen LogP contribution is -2.27. The lowest BCUT2D eigenvalue weighted by atomic mass is 9.94. The second kappa shape index (κ2) is 4.94. The van der Waals surface area contributed by atoms with Crippen LogP contribution >= 0.6 is 0 Å². The number of aryl methyl sites for hydroxylation is 1. The summed E-state index contributed by atoms with van der Waals surface area (Å²) in [6.45, 7) is 4.19. The maximum Gasteiger partial charge on any atom is 0.226 e. The van der Waals surface area contributed by atoms with Gasteiger partial charge in [0.1, 0.15) is 5.76 Å². The van der Waals surface area contributed by atoms with Crippen molar-refractivity contribution >= 4 is 0 Å². The molecule has 1 aliphatic heterocycles. The molecule has 1 aliphatic rings. The Balaban J connectivity index is 1.91. The summed E-state index contributed by atoms with van der Waals surface area (Å²) in [5.74, 6) is 2.27. The molecule has 1 saturated heterocycles. The van der Waals surface area contributed by atoms with Crippen molar-refractivity contribution in [1.29, 1.82) is 0 Å². The summed E-state index contributed by atoms with van der Waals surface area (Å²) in [4.78, 5) is 4.71. The molecule has 0 saturated carbocycles. The first-order valence-electron chi connectivity index (χ1n) is 6.58. The normalized spacial score (nSPS) is 16.9. The van der Waals surface area contributed by atoms with Gasteiger partial charge in [-0.05, 0) is 45.0 Å². The van der Waals surface area contributed by atoms with Crippen LogP contribution in [-0.2, 0) is 0 Å². The van der Waals surface area contributed by atoms with Crippen LogP contribution in [0.5, 0.6) is 0 Å². The van der Waals surface area contributed by atoms with Crippen LogP contribution in [0.25, 0.3) is 11.5 Å².